The lowest BCUT2D eigenvalue weighted by molar-refractivity contribution is -0.150. The Morgan fingerprint density at radius 2 is 1.81 bits per heavy atom. The molecule has 0 radical (unpaired) electrons. The summed E-state index contributed by atoms with van der Waals surface area (Å²) in [5.74, 6) is -2.07. The predicted molar refractivity (Wildman–Crippen MR) is 95.0 cm³/mol. The van der Waals surface area contributed by atoms with Gasteiger partial charge in [0.05, 0.1) is 0 Å². The molecule has 4 amide bonds. The first-order valence-electron chi connectivity index (χ1n) is 8.37. The van der Waals surface area contributed by atoms with Crippen molar-refractivity contribution in [1.82, 2.24) is 10.2 Å². The standard InChI is InChI=1S/C18H21N3O6/c1-4-18(3)16(25)21(17(26)20-18)9-15(24)27-10-14(23)19-13-7-5-12(6-8-13)11(2)22/h5-8H,4,9-10H2,1-3H3,(H,19,23)(H,20,26)/t18-/m1/s1. The van der Waals surface area contributed by atoms with Gasteiger partial charge in [-0.3, -0.25) is 24.1 Å². The van der Waals surface area contributed by atoms with E-state index in [9.17, 15) is 24.0 Å². The maximum atomic E-state index is 12.2. The van der Waals surface area contributed by atoms with Gasteiger partial charge in [0.2, 0.25) is 0 Å². The number of ether oxygens (including phenoxy) is 1. The summed E-state index contributed by atoms with van der Waals surface area (Å²) in [5.41, 5.74) is -0.0956. The molecule has 9 heteroatoms. The molecule has 27 heavy (non-hydrogen) atoms. The minimum atomic E-state index is -1.04. The van der Waals surface area contributed by atoms with Crippen LogP contribution in [0.3, 0.4) is 0 Å². The first-order chi connectivity index (χ1) is 12.7. The third-order valence-corrected chi connectivity index (χ3v) is 4.28. The maximum Gasteiger partial charge on any atom is 0.326 e. The van der Waals surface area contributed by atoms with E-state index in [1.165, 1.54) is 6.92 Å². The molecule has 1 atom stereocenters. The molecule has 0 aromatic heterocycles. The van der Waals surface area contributed by atoms with Crippen molar-refractivity contribution in [3.8, 4) is 0 Å². The van der Waals surface area contributed by atoms with Crippen molar-refractivity contribution in [2.45, 2.75) is 32.7 Å². The molecule has 1 heterocycles. The highest BCUT2D eigenvalue weighted by Gasteiger charge is 2.47. The van der Waals surface area contributed by atoms with Gasteiger partial charge in [-0.1, -0.05) is 6.92 Å². The highest BCUT2D eigenvalue weighted by molar-refractivity contribution is 6.08. The lowest BCUT2D eigenvalue weighted by Crippen LogP contribution is -2.43. The highest BCUT2D eigenvalue weighted by atomic mass is 16.5. The maximum absolute atomic E-state index is 12.2. The van der Waals surface area contributed by atoms with E-state index in [2.05, 4.69) is 10.6 Å². The zero-order valence-electron chi connectivity index (χ0n) is 15.3. The third kappa shape index (κ3) is 4.69. The zero-order valence-corrected chi connectivity index (χ0v) is 15.3. The van der Waals surface area contributed by atoms with Gasteiger partial charge in [0, 0.05) is 11.3 Å². The number of nitrogens with one attached hydrogen (secondary N) is 2. The minimum absolute atomic E-state index is 0.0959. The van der Waals surface area contributed by atoms with Gasteiger partial charge < -0.3 is 15.4 Å². The molecule has 1 aromatic carbocycles. The summed E-state index contributed by atoms with van der Waals surface area (Å²) in [5, 5.41) is 5.03. The van der Waals surface area contributed by atoms with Gasteiger partial charge in [0.15, 0.2) is 12.4 Å². The average Bonchev–Trinajstić information content (AvgIpc) is 2.84. The van der Waals surface area contributed by atoms with Crippen molar-refractivity contribution >= 4 is 35.3 Å². The lowest BCUT2D eigenvalue weighted by Gasteiger charge is -2.18. The van der Waals surface area contributed by atoms with Crippen LogP contribution in [0.2, 0.25) is 0 Å². The van der Waals surface area contributed by atoms with Gasteiger partial charge in [0.25, 0.3) is 11.8 Å². The van der Waals surface area contributed by atoms with Crippen molar-refractivity contribution in [3.63, 3.8) is 0 Å². The Balaban J connectivity index is 1.83. The largest absolute Gasteiger partial charge is 0.454 e. The number of ketones is 1. The topological polar surface area (TPSA) is 122 Å². The molecule has 0 unspecified atom stereocenters. The SMILES string of the molecule is CC[C@@]1(C)NC(=O)N(CC(=O)OCC(=O)Nc2ccc(C(C)=O)cc2)C1=O. The summed E-state index contributed by atoms with van der Waals surface area (Å²) in [4.78, 5) is 59.7. The van der Waals surface area contributed by atoms with Gasteiger partial charge >= 0.3 is 12.0 Å². The van der Waals surface area contributed by atoms with Gasteiger partial charge in [0.1, 0.15) is 12.1 Å². The van der Waals surface area contributed by atoms with E-state index in [4.69, 9.17) is 4.74 Å². The van der Waals surface area contributed by atoms with E-state index in [-0.39, 0.29) is 5.78 Å². The summed E-state index contributed by atoms with van der Waals surface area (Å²) < 4.78 is 4.82. The van der Waals surface area contributed by atoms with Gasteiger partial charge in [-0.25, -0.2) is 4.79 Å². The van der Waals surface area contributed by atoms with Crippen molar-refractivity contribution in [1.29, 1.82) is 0 Å². The van der Waals surface area contributed by atoms with Crippen LogP contribution in [-0.4, -0.2) is 53.2 Å². The summed E-state index contributed by atoms with van der Waals surface area (Å²) in [6.07, 6.45) is 0.383. The number of anilines is 1. The second-order valence-corrected chi connectivity index (χ2v) is 6.35. The molecule has 1 aliphatic heterocycles. The van der Waals surface area contributed by atoms with Crippen LogP contribution >= 0.6 is 0 Å². The Labute approximate surface area is 156 Å². The molecule has 2 N–H and O–H groups in total. The van der Waals surface area contributed by atoms with E-state index in [1.807, 2.05) is 0 Å². The van der Waals surface area contributed by atoms with Crippen molar-refractivity contribution in [2.24, 2.45) is 0 Å². The lowest BCUT2D eigenvalue weighted by atomic mass is 9.99. The molecule has 1 aliphatic rings. The summed E-state index contributed by atoms with van der Waals surface area (Å²) in [6, 6.07) is 5.56. The fourth-order valence-corrected chi connectivity index (χ4v) is 2.44. The number of hydrogen-bond acceptors (Lipinski definition) is 6. The van der Waals surface area contributed by atoms with Crippen LogP contribution in [0, 0.1) is 0 Å². The molecule has 1 fully saturated rings. The summed E-state index contributed by atoms with van der Waals surface area (Å²) in [7, 11) is 0. The van der Waals surface area contributed by atoms with Gasteiger partial charge in [-0.05, 0) is 44.5 Å². The Morgan fingerprint density at radius 3 is 2.33 bits per heavy atom. The number of urea groups is 1. The third-order valence-electron chi connectivity index (χ3n) is 4.28. The number of carbonyl (C=O) groups excluding carboxylic acids is 5. The van der Waals surface area contributed by atoms with E-state index >= 15 is 0 Å². The van der Waals surface area contributed by atoms with Crippen LogP contribution in [0.5, 0.6) is 0 Å². The van der Waals surface area contributed by atoms with E-state index in [1.54, 1.807) is 38.1 Å². The zero-order chi connectivity index (χ0) is 20.2. The number of imide groups is 1. The molecule has 9 nitrogen and oxygen atoms in total. The predicted octanol–water partition coefficient (Wildman–Crippen LogP) is 1.09. The van der Waals surface area contributed by atoms with Crippen LogP contribution in [0.25, 0.3) is 0 Å². The average molecular weight is 375 g/mol. The van der Waals surface area contributed by atoms with Gasteiger partial charge in [-0.15, -0.1) is 0 Å². The first-order valence-corrected chi connectivity index (χ1v) is 8.37. The van der Waals surface area contributed by atoms with Crippen molar-refractivity contribution in [2.75, 3.05) is 18.5 Å². The van der Waals surface area contributed by atoms with Crippen LogP contribution < -0.4 is 10.6 Å². The molecule has 0 spiro atoms. The Kier molecular flexibility index (Phi) is 5.94. The number of Topliss-reactive ketones (excluding diaryl/α,β-unsaturated/α-hetero) is 1. The number of esters is 1. The molecule has 2 rings (SSSR count). The molecule has 144 valence electrons. The molecule has 1 saturated heterocycles. The van der Waals surface area contributed by atoms with Crippen LogP contribution in [-0.2, 0) is 19.1 Å². The minimum Gasteiger partial charge on any atom is -0.454 e. The molecular weight excluding hydrogens is 354 g/mol. The molecule has 0 aliphatic carbocycles. The Bertz CT molecular complexity index is 789. The van der Waals surface area contributed by atoms with Crippen molar-refractivity contribution < 1.29 is 28.7 Å². The normalized spacial score (nSPS) is 18.9. The molecule has 0 saturated carbocycles. The smallest absolute Gasteiger partial charge is 0.326 e. The second kappa shape index (κ2) is 7.98. The molecular formula is C18H21N3O6. The summed E-state index contributed by atoms with van der Waals surface area (Å²) in [6.45, 7) is 3.61. The number of nitrogens with zero attached hydrogens (tertiary/aromatic N) is 1. The Hall–Kier alpha value is -3.23. The number of hydrogen-bond donors (Lipinski definition) is 2. The van der Waals surface area contributed by atoms with E-state index in [0.29, 0.717) is 17.7 Å². The van der Waals surface area contributed by atoms with Crippen LogP contribution in [0.15, 0.2) is 24.3 Å². The first kappa shape index (κ1) is 20.1. The Morgan fingerprint density at radius 1 is 1.19 bits per heavy atom. The fraction of sp³-hybridized carbons (Fsp3) is 0.389. The van der Waals surface area contributed by atoms with Crippen LogP contribution in [0.4, 0.5) is 10.5 Å². The van der Waals surface area contributed by atoms with Crippen molar-refractivity contribution in [3.05, 3.63) is 29.8 Å². The van der Waals surface area contributed by atoms with E-state index < -0.39 is 42.5 Å². The molecule has 0 bridgehead atoms. The van der Waals surface area contributed by atoms with Gasteiger partial charge in [-0.2, -0.15) is 0 Å². The number of benzene rings is 1. The quantitative estimate of drug-likeness (QED) is 0.418. The fourth-order valence-electron chi connectivity index (χ4n) is 2.44. The number of amides is 4. The second-order valence-electron chi connectivity index (χ2n) is 6.35. The summed E-state index contributed by atoms with van der Waals surface area (Å²) >= 11 is 0. The monoisotopic (exact) mass is 375 g/mol. The number of rotatable bonds is 7. The van der Waals surface area contributed by atoms with Crippen LogP contribution in [0.1, 0.15) is 37.6 Å². The highest BCUT2D eigenvalue weighted by Crippen LogP contribution is 2.20. The number of carbonyl (C=O) groups is 5. The van der Waals surface area contributed by atoms with E-state index in [0.717, 1.165) is 4.90 Å². The molecule has 1 aromatic rings.